The van der Waals surface area contributed by atoms with Crippen molar-refractivity contribution >= 4 is 11.6 Å². The molecule has 1 N–H and O–H groups in total. The molecule has 0 amide bonds. The van der Waals surface area contributed by atoms with Crippen LogP contribution < -0.4 is 5.32 Å². The summed E-state index contributed by atoms with van der Waals surface area (Å²) >= 11 is 5.72. The molecule has 2 atom stereocenters. The molecule has 4 heteroatoms. The van der Waals surface area contributed by atoms with Gasteiger partial charge < -0.3 is 10.2 Å². The molecule has 1 saturated heterocycles. The predicted molar refractivity (Wildman–Crippen MR) is 87.3 cm³/mol. The molecule has 1 aliphatic heterocycles. The Kier molecular flexibility index (Phi) is 6.46. The number of hydrogen-bond acceptors (Lipinski definition) is 2. The average Bonchev–Trinajstić information content (AvgIpc) is 2.48. The fourth-order valence-electron chi connectivity index (χ4n) is 2.92. The van der Waals surface area contributed by atoms with Gasteiger partial charge in [0.25, 0.3) is 0 Å². The summed E-state index contributed by atoms with van der Waals surface area (Å²) in [6.45, 7) is 8.91. The van der Waals surface area contributed by atoms with Gasteiger partial charge in [0, 0.05) is 12.6 Å². The lowest BCUT2D eigenvalue weighted by Crippen LogP contribution is -2.37. The van der Waals surface area contributed by atoms with Crippen LogP contribution in [0, 0.1) is 11.7 Å². The van der Waals surface area contributed by atoms with Gasteiger partial charge in [-0.05, 0) is 63.0 Å². The van der Waals surface area contributed by atoms with Crippen LogP contribution in [0.5, 0.6) is 0 Å². The van der Waals surface area contributed by atoms with Crippen LogP contribution >= 0.6 is 11.6 Å². The summed E-state index contributed by atoms with van der Waals surface area (Å²) in [6, 6.07) is 5.18. The van der Waals surface area contributed by atoms with Crippen molar-refractivity contribution in [3.63, 3.8) is 0 Å². The van der Waals surface area contributed by atoms with Gasteiger partial charge in [-0.15, -0.1) is 0 Å². The molecule has 0 aliphatic carbocycles. The quantitative estimate of drug-likeness (QED) is 0.844. The second-order valence-electron chi connectivity index (χ2n) is 6.27. The number of benzene rings is 1. The standard InChI is InChI=1S/C17H26ClFN2/c1-13(12-21-8-4-3-5-9-21)11-20-14(2)15-6-7-16(18)17(19)10-15/h6-7,10,13-14,20H,3-5,8-9,11-12H2,1-2H3. The van der Waals surface area contributed by atoms with E-state index in [0.717, 1.165) is 18.7 Å². The van der Waals surface area contributed by atoms with Gasteiger partial charge in [0.15, 0.2) is 0 Å². The number of halogens is 2. The average molecular weight is 313 g/mol. The Balaban J connectivity index is 1.77. The Hall–Kier alpha value is -0.640. The van der Waals surface area contributed by atoms with Crippen molar-refractivity contribution in [3.8, 4) is 0 Å². The van der Waals surface area contributed by atoms with Crippen LogP contribution in [0.15, 0.2) is 18.2 Å². The summed E-state index contributed by atoms with van der Waals surface area (Å²) in [5, 5.41) is 3.68. The molecule has 0 aromatic heterocycles. The lowest BCUT2D eigenvalue weighted by atomic mass is 10.1. The molecule has 2 rings (SSSR count). The van der Waals surface area contributed by atoms with Gasteiger partial charge in [-0.2, -0.15) is 0 Å². The third kappa shape index (κ3) is 5.24. The molecular formula is C17H26ClFN2. The van der Waals surface area contributed by atoms with Crippen molar-refractivity contribution in [1.29, 1.82) is 0 Å². The topological polar surface area (TPSA) is 15.3 Å². The SMILES string of the molecule is CC(CNC(C)c1ccc(Cl)c(F)c1)CN1CCCCC1. The molecule has 0 spiro atoms. The maximum Gasteiger partial charge on any atom is 0.142 e. The fraction of sp³-hybridized carbons (Fsp3) is 0.647. The molecule has 1 heterocycles. The summed E-state index contributed by atoms with van der Waals surface area (Å²) in [5.74, 6) is 0.256. The monoisotopic (exact) mass is 312 g/mol. The molecule has 1 aliphatic rings. The number of hydrogen-bond donors (Lipinski definition) is 1. The number of likely N-dealkylation sites (tertiary alicyclic amines) is 1. The van der Waals surface area contributed by atoms with Crippen LogP contribution in [0.1, 0.15) is 44.7 Å². The van der Waals surface area contributed by atoms with Gasteiger partial charge in [-0.25, -0.2) is 4.39 Å². The number of rotatable bonds is 6. The third-order valence-electron chi connectivity index (χ3n) is 4.23. The zero-order valence-corrected chi connectivity index (χ0v) is 13.8. The highest BCUT2D eigenvalue weighted by molar-refractivity contribution is 6.30. The molecule has 118 valence electrons. The van der Waals surface area contributed by atoms with Crippen LogP contribution in [0.2, 0.25) is 5.02 Å². The van der Waals surface area contributed by atoms with Crippen LogP contribution in [0.25, 0.3) is 0 Å². The normalized spacial score (nSPS) is 19.4. The lowest BCUT2D eigenvalue weighted by molar-refractivity contribution is 0.197. The van der Waals surface area contributed by atoms with Crippen molar-refractivity contribution in [2.45, 2.75) is 39.2 Å². The molecular weight excluding hydrogens is 287 g/mol. The van der Waals surface area contributed by atoms with Gasteiger partial charge in [-0.1, -0.05) is 31.0 Å². The Morgan fingerprint density at radius 1 is 1.24 bits per heavy atom. The van der Waals surface area contributed by atoms with E-state index in [2.05, 4.69) is 24.1 Å². The number of nitrogens with one attached hydrogen (secondary N) is 1. The Labute approximate surface area is 132 Å². The van der Waals surface area contributed by atoms with E-state index < -0.39 is 0 Å². The molecule has 1 aromatic carbocycles. The second kappa shape index (κ2) is 8.11. The zero-order chi connectivity index (χ0) is 15.2. The van der Waals surface area contributed by atoms with E-state index in [9.17, 15) is 4.39 Å². The van der Waals surface area contributed by atoms with Gasteiger partial charge in [0.05, 0.1) is 5.02 Å². The molecule has 1 fully saturated rings. The predicted octanol–water partition coefficient (Wildman–Crippen LogP) is 4.25. The molecule has 2 unspecified atom stereocenters. The molecule has 21 heavy (non-hydrogen) atoms. The minimum atomic E-state index is -0.343. The first-order valence-electron chi connectivity index (χ1n) is 7.97. The van der Waals surface area contributed by atoms with E-state index in [4.69, 9.17) is 11.6 Å². The maximum absolute atomic E-state index is 13.5. The molecule has 0 radical (unpaired) electrons. The fourth-order valence-corrected chi connectivity index (χ4v) is 3.04. The number of piperidine rings is 1. The molecule has 0 bridgehead atoms. The lowest BCUT2D eigenvalue weighted by Gasteiger charge is -2.29. The zero-order valence-electron chi connectivity index (χ0n) is 13.0. The van der Waals surface area contributed by atoms with Crippen molar-refractivity contribution in [1.82, 2.24) is 10.2 Å². The van der Waals surface area contributed by atoms with E-state index in [1.807, 2.05) is 6.07 Å². The summed E-state index contributed by atoms with van der Waals surface area (Å²) in [7, 11) is 0. The minimum absolute atomic E-state index is 0.139. The highest BCUT2D eigenvalue weighted by Gasteiger charge is 2.14. The molecule has 0 saturated carbocycles. The first kappa shape index (κ1) is 16.7. The van der Waals surface area contributed by atoms with Crippen molar-refractivity contribution in [2.24, 2.45) is 5.92 Å². The Morgan fingerprint density at radius 3 is 2.62 bits per heavy atom. The van der Waals surface area contributed by atoms with Crippen molar-refractivity contribution < 1.29 is 4.39 Å². The first-order valence-corrected chi connectivity index (χ1v) is 8.34. The summed E-state index contributed by atoms with van der Waals surface area (Å²) in [4.78, 5) is 2.56. The smallest absolute Gasteiger partial charge is 0.142 e. The Bertz CT molecular complexity index is 446. The highest BCUT2D eigenvalue weighted by atomic mass is 35.5. The van der Waals surface area contributed by atoms with Gasteiger partial charge >= 0.3 is 0 Å². The molecule has 2 nitrogen and oxygen atoms in total. The summed E-state index contributed by atoms with van der Waals surface area (Å²) in [6.07, 6.45) is 4.05. The Morgan fingerprint density at radius 2 is 1.95 bits per heavy atom. The van der Waals surface area contributed by atoms with E-state index in [0.29, 0.717) is 5.92 Å². The molecule has 1 aromatic rings. The number of nitrogens with zero attached hydrogens (tertiary/aromatic N) is 1. The van der Waals surface area contributed by atoms with Crippen LogP contribution in [-0.2, 0) is 0 Å². The van der Waals surface area contributed by atoms with Crippen LogP contribution in [0.4, 0.5) is 4.39 Å². The van der Waals surface area contributed by atoms with Gasteiger partial charge in [-0.3, -0.25) is 0 Å². The van der Waals surface area contributed by atoms with Crippen LogP contribution in [0.3, 0.4) is 0 Å². The van der Waals surface area contributed by atoms with Crippen LogP contribution in [-0.4, -0.2) is 31.1 Å². The van der Waals surface area contributed by atoms with E-state index in [1.54, 1.807) is 6.07 Å². The van der Waals surface area contributed by atoms with Crippen molar-refractivity contribution in [3.05, 3.63) is 34.6 Å². The largest absolute Gasteiger partial charge is 0.310 e. The van der Waals surface area contributed by atoms with Gasteiger partial charge in [0.1, 0.15) is 5.82 Å². The van der Waals surface area contributed by atoms with E-state index in [-0.39, 0.29) is 16.9 Å². The van der Waals surface area contributed by atoms with Crippen molar-refractivity contribution in [2.75, 3.05) is 26.2 Å². The third-order valence-corrected chi connectivity index (χ3v) is 4.54. The van der Waals surface area contributed by atoms with Gasteiger partial charge in [0.2, 0.25) is 0 Å². The van der Waals surface area contributed by atoms with E-state index in [1.165, 1.54) is 38.4 Å². The summed E-state index contributed by atoms with van der Waals surface area (Å²) in [5.41, 5.74) is 0.946. The maximum atomic E-state index is 13.5. The second-order valence-corrected chi connectivity index (χ2v) is 6.68. The minimum Gasteiger partial charge on any atom is -0.310 e. The first-order chi connectivity index (χ1) is 10.1. The summed E-state index contributed by atoms with van der Waals surface area (Å²) < 4.78 is 13.5. The highest BCUT2D eigenvalue weighted by Crippen LogP contribution is 2.20. The van der Waals surface area contributed by atoms with E-state index >= 15 is 0 Å².